The summed E-state index contributed by atoms with van der Waals surface area (Å²) in [5.41, 5.74) is 14.7. The number of hydrogen-bond acceptors (Lipinski definition) is 4. The van der Waals surface area contributed by atoms with Gasteiger partial charge in [-0.25, -0.2) is 24.8 Å². The quantitative estimate of drug-likeness (QED) is 0.144. The summed E-state index contributed by atoms with van der Waals surface area (Å²) in [7, 11) is 0. The zero-order chi connectivity index (χ0) is 42.1. The minimum atomic E-state index is 0.575. The zero-order valence-corrected chi connectivity index (χ0v) is 34.0. The van der Waals surface area contributed by atoms with Crippen molar-refractivity contribution >= 4 is 27.5 Å². The van der Waals surface area contributed by atoms with Crippen LogP contribution in [0.4, 0.5) is 5.69 Å². The average Bonchev–Trinajstić information content (AvgIpc) is 3.70. The molecule has 3 aromatic heterocycles. The van der Waals surface area contributed by atoms with E-state index in [0.29, 0.717) is 17.3 Å². The van der Waals surface area contributed by atoms with E-state index in [9.17, 15) is 0 Å². The highest BCUT2D eigenvalue weighted by Crippen LogP contribution is 2.40. The predicted molar refractivity (Wildman–Crippen MR) is 256 cm³/mol. The van der Waals surface area contributed by atoms with Crippen LogP contribution in [-0.4, -0.2) is 24.5 Å². The molecule has 0 amide bonds. The van der Waals surface area contributed by atoms with Gasteiger partial charge in [-0.3, -0.25) is 0 Å². The van der Waals surface area contributed by atoms with E-state index in [0.717, 1.165) is 94.8 Å². The molecule has 11 aromatic rings. The summed E-state index contributed by atoms with van der Waals surface area (Å²) < 4.78 is 2.33. The second-order valence-electron chi connectivity index (χ2n) is 15.4. The number of rotatable bonds is 8. The minimum Gasteiger partial charge on any atom is -0.308 e. The molecule has 0 bridgehead atoms. The van der Waals surface area contributed by atoms with E-state index in [4.69, 9.17) is 26.5 Å². The summed E-state index contributed by atoms with van der Waals surface area (Å²) in [6.45, 7) is 7.50. The molecule has 6 nitrogen and oxygen atoms in total. The summed E-state index contributed by atoms with van der Waals surface area (Å²) in [6.07, 6.45) is 0. The van der Waals surface area contributed by atoms with Gasteiger partial charge in [-0.1, -0.05) is 176 Å². The molecule has 0 radical (unpaired) electrons. The monoisotopic (exact) mass is 804 g/mol. The van der Waals surface area contributed by atoms with Gasteiger partial charge in [0.1, 0.15) is 0 Å². The van der Waals surface area contributed by atoms with Crippen LogP contribution in [0.5, 0.6) is 0 Å². The summed E-state index contributed by atoms with van der Waals surface area (Å²) in [6, 6.07) is 74.6. The Morgan fingerprint density at radius 2 is 0.778 bits per heavy atom. The van der Waals surface area contributed by atoms with Crippen LogP contribution >= 0.6 is 0 Å². The zero-order valence-electron chi connectivity index (χ0n) is 34.0. The Kier molecular flexibility index (Phi) is 9.45. The Bertz CT molecular complexity index is 3370. The lowest BCUT2D eigenvalue weighted by Gasteiger charge is -2.17. The molecule has 0 N–H and O–H groups in total. The van der Waals surface area contributed by atoms with Gasteiger partial charge in [-0.15, -0.1) is 0 Å². The number of nitrogens with zero attached hydrogens (tertiary/aromatic N) is 6. The highest BCUT2D eigenvalue weighted by molar-refractivity contribution is 6.10. The number of fused-ring (bicyclic) bond motifs is 3. The molecule has 0 atom stereocenters. The topological polar surface area (TPSA) is 60.9 Å². The Labute approximate surface area is 365 Å². The maximum atomic E-state index is 7.50. The number of hydrogen-bond donors (Lipinski definition) is 0. The van der Waals surface area contributed by atoms with Gasteiger partial charge in [-0.05, 0) is 53.6 Å². The molecule has 0 spiro atoms. The third kappa shape index (κ3) is 7.10. The Morgan fingerprint density at radius 3 is 1.30 bits per heavy atom. The Hall–Kier alpha value is -8.79. The molecule has 0 aliphatic carbocycles. The van der Waals surface area contributed by atoms with Crippen LogP contribution in [0.15, 0.2) is 218 Å². The maximum Gasteiger partial charge on any atom is 0.187 e. The van der Waals surface area contributed by atoms with Gasteiger partial charge in [0.25, 0.3) is 0 Å². The van der Waals surface area contributed by atoms with Crippen molar-refractivity contribution in [1.82, 2.24) is 24.5 Å². The van der Waals surface area contributed by atoms with Crippen molar-refractivity contribution in [2.45, 2.75) is 0 Å². The van der Waals surface area contributed by atoms with Crippen LogP contribution in [0.3, 0.4) is 0 Å². The molecule has 11 rings (SSSR count). The van der Waals surface area contributed by atoms with Crippen molar-refractivity contribution in [3.8, 4) is 84.6 Å². The van der Waals surface area contributed by atoms with Crippen molar-refractivity contribution in [2.75, 3.05) is 0 Å². The molecule has 63 heavy (non-hydrogen) atoms. The second kappa shape index (κ2) is 16.0. The molecular formula is C57H36N6. The predicted octanol–water partition coefficient (Wildman–Crippen LogP) is 14.6. The van der Waals surface area contributed by atoms with E-state index in [2.05, 4.69) is 131 Å². The largest absolute Gasteiger partial charge is 0.308 e. The molecule has 0 fully saturated rings. The average molecular weight is 805 g/mol. The highest BCUT2D eigenvalue weighted by atomic mass is 15.0. The third-order valence-electron chi connectivity index (χ3n) is 11.5. The molecule has 0 saturated heterocycles. The van der Waals surface area contributed by atoms with E-state index in [1.165, 1.54) is 0 Å². The van der Waals surface area contributed by atoms with Gasteiger partial charge in [0.05, 0.1) is 46.1 Å². The lowest BCUT2D eigenvalue weighted by Crippen LogP contribution is -2.03. The standard InChI is InChI=1S/C57H36N6/c1-58-45-30-26-38(27-31-45)43-28-32-47-46-24-14-15-25-53(46)63(55(47)35-43)54-33-29-44(56-59-49(39-16-6-2-7-17-39)36-50(60-56)40-18-8-3-9-19-40)34-48(54)57-61-51(41-20-10-4-11-21-41)37-52(62-57)42-22-12-5-13-23-42/h2-37H. The van der Waals surface area contributed by atoms with Crippen molar-refractivity contribution in [3.63, 3.8) is 0 Å². The third-order valence-corrected chi connectivity index (χ3v) is 11.5. The van der Waals surface area contributed by atoms with Crippen LogP contribution in [0, 0.1) is 6.57 Å². The maximum absolute atomic E-state index is 7.50. The first kappa shape index (κ1) is 37.2. The van der Waals surface area contributed by atoms with Crippen LogP contribution in [0.2, 0.25) is 0 Å². The lowest BCUT2D eigenvalue weighted by atomic mass is 10.0. The van der Waals surface area contributed by atoms with Crippen LogP contribution in [0.1, 0.15) is 0 Å². The van der Waals surface area contributed by atoms with Crippen molar-refractivity contribution in [3.05, 3.63) is 230 Å². The minimum absolute atomic E-state index is 0.575. The molecule has 0 aliphatic heterocycles. The first-order chi connectivity index (χ1) is 31.2. The molecule has 0 unspecified atom stereocenters. The van der Waals surface area contributed by atoms with Gasteiger partial charge < -0.3 is 4.57 Å². The molecule has 0 saturated carbocycles. The van der Waals surface area contributed by atoms with E-state index < -0.39 is 0 Å². The molecule has 3 heterocycles. The number of para-hydroxylation sites is 1. The fourth-order valence-corrected chi connectivity index (χ4v) is 8.36. The van der Waals surface area contributed by atoms with Gasteiger partial charge in [0.2, 0.25) is 0 Å². The molecule has 294 valence electrons. The van der Waals surface area contributed by atoms with Crippen molar-refractivity contribution in [2.24, 2.45) is 0 Å². The fourth-order valence-electron chi connectivity index (χ4n) is 8.36. The first-order valence-electron chi connectivity index (χ1n) is 20.8. The van der Waals surface area contributed by atoms with E-state index in [1.807, 2.05) is 97.1 Å². The van der Waals surface area contributed by atoms with E-state index in [1.54, 1.807) is 0 Å². The lowest BCUT2D eigenvalue weighted by molar-refractivity contribution is 1.13. The smallest absolute Gasteiger partial charge is 0.187 e. The molecule has 6 heteroatoms. The van der Waals surface area contributed by atoms with E-state index in [-0.39, 0.29) is 0 Å². The number of benzene rings is 8. The molecule has 8 aromatic carbocycles. The van der Waals surface area contributed by atoms with Crippen LogP contribution in [-0.2, 0) is 0 Å². The molecular weight excluding hydrogens is 769 g/mol. The Morgan fingerprint density at radius 1 is 0.333 bits per heavy atom. The van der Waals surface area contributed by atoms with Crippen molar-refractivity contribution < 1.29 is 0 Å². The van der Waals surface area contributed by atoms with Gasteiger partial charge in [0.15, 0.2) is 17.3 Å². The second-order valence-corrected chi connectivity index (χ2v) is 15.4. The first-order valence-corrected chi connectivity index (χ1v) is 20.8. The molecule has 0 aliphatic rings. The van der Waals surface area contributed by atoms with Gasteiger partial charge >= 0.3 is 0 Å². The summed E-state index contributed by atoms with van der Waals surface area (Å²) in [4.78, 5) is 24.9. The fraction of sp³-hybridized carbons (Fsp3) is 0. The normalized spacial score (nSPS) is 11.2. The van der Waals surface area contributed by atoms with Gasteiger partial charge in [0, 0.05) is 44.2 Å². The van der Waals surface area contributed by atoms with Crippen molar-refractivity contribution in [1.29, 1.82) is 0 Å². The summed E-state index contributed by atoms with van der Waals surface area (Å²) >= 11 is 0. The summed E-state index contributed by atoms with van der Waals surface area (Å²) in [5, 5.41) is 2.25. The highest BCUT2D eigenvalue weighted by Gasteiger charge is 2.21. The Balaban J connectivity index is 1.20. The van der Waals surface area contributed by atoms with E-state index >= 15 is 0 Å². The SMILES string of the molecule is [C-]#[N+]c1ccc(-c2ccc3c4ccccc4n(-c4ccc(-c5nc(-c6ccccc6)cc(-c6ccccc6)n5)cc4-c4nc(-c5ccccc5)cc(-c5ccccc5)n4)c3c2)cc1. The van der Waals surface area contributed by atoms with Gasteiger partial charge in [-0.2, -0.15) is 0 Å². The van der Waals surface area contributed by atoms with Crippen LogP contribution in [0.25, 0.3) is 111 Å². The van der Waals surface area contributed by atoms with Crippen LogP contribution < -0.4 is 0 Å². The summed E-state index contributed by atoms with van der Waals surface area (Å²) in [5.74, 6) is 1.17. The number of aromatic nitrogens is 5.